The summed E-state index contributed by atoms with van der Waals surface area (Å²) in [6.07, 6.45) is 7.59. The van der Waals surface area contributed by atoms with Crippen molar-refractivity contribution in [2.24, 2.45) is 5.73 Å². The predicted octanol–water partition coefficient (Wildman–Crippen LogP) is 2.17. The zero-order valence-electron chi connectivity index (χ0n) is 10.4. The first-order chi connectivity index (χ1) is 8.69. The zero-order valence-corrected chi connectivity index (χ0v) is 10.4. The minimum atomic E-state index is -0.429. The molecule has 2 aromatic rings. The van der Waals surface area contributed by atoms with Gasteiger partial charge in [-0.3, -0.25) is 4.98 Å². The average molecular weight is 244 g/mol. The molecule has 0 saturated heterocycles. The number of aryl methyl sites for hydroxylation is 1. The van der Waals surface area contributed by atoms with E-state index >= 15 is 0 Å². The Hall–Kier alpha value is -1.75. The highest BCUT2D eigenvalue weighted by Crippen LogP contribution is 2.36. The first-order valence-electron chi connectivity index (χ1n) is 6.23. The largest absolute Gasteiger partial charge is 0.337 e. The van der Waals surface area contributed by atoms with Gasteiger partial charge in [0.1, 0.15) is 0 Å². The van der Waals surface area contributed by atoms with Gasteiger partial charge >= 0.3 is 0 Å². The maximum atomic E-state index is 6.30. The number of rotatable bonds is 2. The molecule has 5 heteroatoms. The normalized spacial score (nSPS) is 18.1. The average Bonchev–Trinajstić information content (AvgIpc) is 2.99. The Bertz CT molecular complexity index is 558. The summed E-state index contributed by atoms with van der Waals surface area (Å²) < 4.78 is 5.35. The molecule has 0 aromatic carbocycles. The second-order valence-corrected chi connectivity index (χ2v) is 4.98. The van der Waals surface area contributed by atoms with E-state index in [1.54, 1.807) is 12.4 Å². The Morgan fingerprint density at radius 1 is 1.33 bits per heavy atom. The Morgan fingerprint density at radius 2 is 2.11 bits per heavy atom. The van der Waals surface area contributed by atoms with Crippen molar-refractivity contribution in [3.05, 3.63) is 29.9 Å². The molecule has 0 atom stereocenters. The number of hydrogen-bond donors (Lipinski definition) is 1. The van der Waals surface area contributed by atoms with Crippen LogP contribution in [0.25, 0.3) is 11.4 Å². The van der Waals surface area contributed by atoms with Gasteiger partial charge in [-0.05, 0) is 31.4 Å². The van der Waals surface area contributed by atoms with Crippen LogP contribution >= 0.6 is 0 Å². The van der Waals surface area contributed by atoms with Crippen LogP contribution < -0.4 is 5.73 Å². The fourth-order valence-electron chi connectivity index (χ4n) is 2.45. The molecular formula is C13H16N4O. The molecule has 5 nitrogen and oxygen atoms in total. The molecule has 0 unspecified atom stereocenters. The molecule has 0 spiro atoms. The molecule has 1 fully saturated rings. The van der Waals surface area contributed by atoms with Crippen LogP contribution in [-0.2, 0) is 5.54 Å². The minimum Gasteiger partial charge on any atom is -0.337 e. The van der Waals surface area contributed by atoms with E-state index < -0.39 is 5.54 Å². The molecule has 1 aliphatic rings. The van der Waals surface area contributed by atoms with E-state index in [2.05, 4.69) is 15.1 Å². The molecule has 1 aliphatic carbocycles. The van der Waals surface area contributed by atoms with Crippen molar-refractivity contribution in [3.63, 3.8) is 0 Å². The van der Waals surface area contributed by atoms with Gasteiger partial charge in [0.2, 0.25) is 11.7 Å². The molecule has 3 rings (SSSR count). The van der Waals surface area contributed by atoms with E-state index in [1.165, 1.54) is 0 Å². The highest BCUT2D eigenvalue weighted by atomic mass is 16.5. The zero-order chi connectivity index (χ0) is 12.6. The fraction of sp³-hybridized carbons (Fsp3) is 0.462. The van der Waals surface area contributed by atoms with Crippen molar-refractivity contribution in [2.75, 3.05) is 0 Å². The van der Waals surface area contributed by atoms with Crippen molar-refractivity contribution < 1.29 is 4.52 Å². The van der Waals surface area contributed by atoms with Gasteiger partial charge in [-0.15, -0.1) is 0 Å². The molecule has 0 bridgehead atoms. The number of nitrogens with two attached hydrogens (primary N) is 1. The predicted molar refractivity (Wildman–Crippen MR) is 66.6 cm³/mol. The SMILES string of the molecule is Cc1ccncc1-c1noc(C2(N)CCCC2)n1. The van der Waals surface area contributed by atoms with Gasteiger partial charge in [-0.25, -0.2) is 0 Å². The third kappa shape index (κ3) is 1.80. The van der Waals surface area contributed by atoms with Crippen LogP contribution in [0.2, 0.25) is 0 Å². The topological polar surface area (TPSA) is 77.8 Å². The lowest BCUT2D eigenvalue weighted by atomic mass is 9.99. The number of hydrogen-bond acceptors (Lipinski definition) is 5. The summed E-state index contributed by atoms with van der Waals surface area (Å²) in [5.41, 5.74) is 7.84. The van der Waals surface area contributed by atoms with Gasteiger partial charge in [-0.2, -0.15) is 4.98 Å². The van der Waals surface area contributed by atoms with Crippen molar-refractivity contribution in [2.45, 2.75) is 38.1 Å². The Balaban J connectivity index is 1.97. The summed E-state index contributed by atoms with van der Waals surface area (Å²) in [5.74, 6) is 1.13. The van der Waals surface area contributed by atoms with E-state index in [4.69, 9.17) is 10.3 Å². The Labute approximate surface area is 105 Å². The molecule has 94 valence electrons. The van der Waals surface area contributed by atoms with E-state index in [9.17, 15) is 0 Å². The summed E-state index contributed by atoms with van der Waals surface area (Å²) in [6, 6.07) is 1.93. The quantitative estimate of drug-likeness (QED) is 0.875. The molecule has 1 saturated carbocycles. The highest BCUT2D eigenvalue weighted by molar-refractivity contribution is 5.57. The van der Waals surface area contributed by atoms with E-state index in [0.717, 1.165) is 36.8 Å². The maximum absolute atomic E-state index is 6.30. The third-order valence-electron chi connectivity index (χ3n) is 3.63. The van der Waals surface area contributed by atoms with Crippen LogP contribution in [0.3, 0.4) is 0 Å². The molecule has 0 radical (unpaired) electrons. The summed E-state index contributed by atoms with van der Waals surface area (Å²) in [6.45, 7) is 2.00. The van der Waals surface area contributed by atoms with Crippen LogP contribution in [-0.4, -0.2) is 15.1 Å². The summed E-state index contributed by atoms with van der Waals surface area (Å²) in [5, 5.41) is 4.03. The van der Waals surface area contributed by atoms with Crippen molar-refractivity contribution in [3.8, 4) is 11.4 Å². The fourth-order valence-corrected chi connectivity index (χ4v) is 2.45. The number of nitrogens with zero attached hydrogens (tertiary/aromatic N) is 3. The lowest BCUT2D eigenvalue weighted by Crippen LogP contribution is -2.33. The Kier molecular flexibility index (Phi) is 2.63. The van der Waals surface area contributed by atoms with Crippen LogP contribution in [0.5, 0.6) is 0 Å². The van der Waals surface area contributed by atoms with Crippen LogP contribution in [0, 0.1) is 6.92 Å². The number of aromatic nitrogens is 3. The lowest BCUT2D eigenvalue weighted by Gasteiger charge is -2.17. The van der Waals surface area contributed by atoms with Crippen LogP contribution in [0.4, 0.5) is 0 Å². The molecule has 2 N–H and O–H groups in total. The van der Waals surface area contributed by atoms with Gasteiger partial charge < -0.3 is 10.3 Å². The van der Waals surface area contributed by atoms with Gasteiger partial charge in [-0.1, -0.05) is 18.0 Å². The smallest absolute Gasteiger partial charge is 0.247 e. The first kappa shape index (κ1) is 11.3. The van der Waals surface area contributed by atoms with E-state index in [0.29, 0.717) is 11.7 Å². The van der Waals surface area contributed by atoms with E-state index in [1.807, 2.05) is 13.0 Å². The second-order valence-electron chi connectivity index (χ2n) is 4.98. The van der Waals surface area contributed by atoms with Crippen LogP contribution in [0.1, 0.15) is 37.1 Å². The summed E-state index contributed by atoms with van der Waals surface area (Å²) in [7, 11) is 0. The van der Waals surface area contributed by atoms with Crippen molar-refractivity contribution in [1.82, 2.24) is 15.1 Å². The summed E-state index contributed by atoms with van der Waals surface area (Å²) in [4.78, 5) is 8.55. The van der Waals surface area contributed by atoms with Crippen LogP contribution in [0.15, 0.2) is 23.0 Å². The minimum absolute atomic E-state index is 0.429. The highest BCUT2D eigenvalue weighted by Gasteiger charge is 2.37. The van der Waals surface area contributed by atoms with E-state index in [-0.39, 0.29) is 0 Å². The standard InChI is InChI=1S/C13H16N4O/c1-9-4-7-15-8-10(9)11-16-12(18-17-11)13(14)5-2-3-6-13/h4,7-8H,2-3,5-6,14H2,1H3. The third-order valence-corrected chi connectivity index (χ3v) is 3.63. The van der Waals surface area contributed by atoms with Gasteiger partial charge in [0, 0.05) is 18.0 Å². The van der Waals surface area contributed by atoms with Crippen molar-refractivity contribution in [1.29, 1.82) is 0 Å². The molecule has 0 amide bonds. The van der Waals surface area contributed by atoms with Gasteiger partial charge in [0.25, 0.3) is 0 Å². The number of pyridine rings is 1. The molecule has 2 aromatic heterocycles. The molecule has 0 aliphatic heterocycles. The monoisotopic (exact) mass is 244 g/mol. The van der Waals surface area contributed by atoms with Gasteiger partial charge in [0.05, 0.1) is 5.54 Å². The van der Waals surface area contributed by atoms with Gasteiger partial charge in [0.15, 0.2) is 0 Å². The molecule has 18 heavy (non-hydrogen) atoms. The maximum Gasteiger partial charge on any atom is 0.247 e. The summed E-state index contributed by atoms with van der Waals surface area (Å²) >= 11 is 0. The first-order valence-corrected chi connectivity index (χ1v) is 6.23. The lowest BCUT2D eigenvalue weighted by molar-refractivity contribution is 0.285. The molecule has 2 heterocycles. The molecular weight excluding hydrogens is 228 g/mol. The Morgan fingerprint density at radius 3 is 2.83 bits per heavy atom. The second kappa shape index (κ2) is 4.17. The van der Waals surface area contributed by atoms with Crippen molar-refractivity contribution >= 4 is 0 Å².